The molecule has 0 aromatic rings. The SMILES string of the molecule is CCC(C)CCCCCCCCCCC(=O)OC[C@H](COP(=O)(O)OC[C@@H](O)COP(=O)(O)OC[C@@H](COC(=O)CCCCCCCCC(C)CC)OC(=O)CCCCCCCCC(C)CC)OC(=O)CCCCCCCCCCCC(C)C. The number of unbranched alkanes of at least 4 members (excludes halogenated alkanes) is 25. The fraction of sp³-hybridized carbons (Fsp3) is 0.938. The largest absolute Gasteiger partial charge is 0.472 e. The van der Waals surface area contributed by atoms with E-state index in [9.17, 15) is 43.2 Å². The lowest BCUT2D eigenvalue weighted by Crippen LogP contribution is -2.30. The number of aliphatic hydroxyl groups is 1. The van der Waals surface area contributed by atoms with Crippen molar-refractivity contribution in [3.05, 3.63) is 0 Å². The van der Waals surface area contributed by atoms with Crippen molar-refractivity contribution < 1.29 is 80.2 Å². The highest BCUT2D eigenvalue weighted by Gasteiger charge is 2.30. The maximum absolute atomic E-state index is 13.0. The highest BCUT2D eigenvalue weighted by Crippen LogP contribution is 2.45. The van der Waals surface area contributed by atoms with Crippen LogP contribution in [0.5, 0.6) is 0 Å². The van der Waals surface area contributed by atoms with Crippen LogP contribution >= 0.6 is 15.6 Å². The van der Waals surface area contributed by atoms with E-state index in [1.165, 1.54) is 109 Å². The molecule has 17 nitrogen and oxygen atoms in total. The number of carbonyl (C=O) groups is 4. The van der Waals surface area contributed by atoms with Crippen molar-refractivity contribution in [3.63, 3.8) is 0 Å². The first-order valence-electron chi connectivity index (χ1n) is 33.8. The van der Waals surface area contributed by atoms with E-state index in [2.05, 4.69) is 55.4 Å². The van der Waals surface area contributed by atoms with Gasteiger partial charge < -0.3 is 33.8 Å². The summed E-state index contributed by atoms with van der Waals surface area (Å²) in [7, 11) is -9.89. The molecule has 498 valence electrons. The quantitative estimate of drug-likeness (QED) is 0.0222. The maximum Gasteiger partial charge on any atom is 0.472 e. The monoisotopic (exact) mass is 1240 g/mol. The van der Waals surface area contributed by atoms with Gasteiger partial charge in [-0.2, -0.15) is 0 Å². The average molecular weight is 1240 g/mol. The zero-order valence-corrected chi connectivity index (χ0v) is 56.3. The lowest BCUT2D eigenvalue weighted by Gasteiger charge is -2.21. The van der Waals surface area contributed by atoms with E-state index in [-0.39, 0.29) is 25.7 Å². The third-order valence-electron chi connectivity index (χ3n) is 15.9. The van der Waals surface area contributed by atoms with Gasteiger partial charge in [-0.1, -0.05) is 261 Å². The van der Waals surface area contributed by atoms with Crippen molar-refractivity contribution in [2.75, 3.05) is 39.6 Å². The van der Waals surface area contributed by atoms with Gasteiger partial charge in [0.15, 0.2) is 12.2 Å². The summed E-state index contributed by atoms with van der Waals surface area (Å²) >= 11 is 0. The number of aliphatic hydroxyl groups excluding tert-OH is 1. The van der Waals surface area contributed by atoms with E-state index in [4.69, 9.17) is 37.0 Å². The van der Waals surface area contributed by atoms with E-state index in [0.717, 1.165) is 120 Å². The molecule has 0 aliphatic heterocycles. The molecule has 0 radical (unpaired) electrons. The minimum absolute atomic E-state index is 0.101. The molecule has 0 heterocycles. The molecule has 0 aromatic carbocycles. The van der Waals surface area contributed by atoms with Gasteiger partial charge in [-0.15, -0.1) is 0 Å². The summed E-state index contributed by atoms with van der Waals surface area (Å²) in [5, 5.41) is 10.5. The second-order valence-electron chi connectivity index (χ2n) is 24.7. The third-order valence-corrected chi connectivity index (χ3v) is 17.8. The molecule has 0 aliphatic rings. The van der Waals surface area contributed by atoms with E-state index < -0.39 is 97.5 Å². The molecular weight excluding hydrogens is 1110 g/mol. The smallest absolute Gasteiger partial charge is 0.462 e. The molecule has 0 aliphatic carbocycles. The molecule has 8 atom stereocenters. The number of rotatable bonds is 62. The topological polar surface area (TPSA) is 237 Å². The van der Waals surface area contributed by atoms with Gasteiger partial charge in [-0.25, -0.2) is 9.13 Å². The fourth-order valence-corrected chi connectivity index (χ4v) is 11.1. The Morgan fingerprint density at radius 2 is 0.571 bits per heavy atom. The van der Waals surface area contributed by atoms with Crippen molar-refractivity contribution in [1.29, 1.82) is 0 Å². The van der Waals surface area contributed by atoms with E-state index in [0.29, 0.717) is 25.7 Å². The highest BCUT2D eigenvalue weighted by molar-refractivity contribution is 7.47. The normalized spacial score (nSPS) is 15.4. The van der Waals surface area contributed by atoms with Crippen LogP contribution < -0.4 is 0 Å². The summed E-state index contributed by atoms with van der Waals surface area (Å²) in [5.41, 5.74) is 0. The molecule has 0 saturated heterocycles. The third kappa shape index (κ3) is 55.4. The van der Waals surface area contributed by atoms with Crippen molar-refractivity contribution >= 4 is 39.5 Å². The van der Waals surface area contributed by atoms with Gasteiger partial charge in [-0.3, -0.25) is 37.3 Å². The number of esters is 4. The van der Waals surface area contributed by atoms with Crippen molar-refractivity contribution in [1.82, 2.24) is 0 Å². The number of phosphoric acid groups is 2. The van der Waals surface area contributed by atoms with Crippen LogP contribution in [0.25, 0.3) is 0 Å². The molecule has 0 amide bonds. The Morgan fingerprint density at radius 1 is 0.333 bits per heavy atom. The van der Waals surface area contributed by atoms with Gasteiger partial charge in [0, 0.05) is 25.7 Å². The summed E-state index contributed by atoms with van der Waals surface area (Å²) in [6, 6.07) is 0. The van der Waals surface area contributed by atoms with Crippen LogP contribution in [0.15, 0.2) is 0 Å². The molecule has 19 heteroatoms. The molecule has 0 aromatic heterocycles. The number of hydrogen-bond donors (Lipinski definition) is 3. The Balaban J connectivity index is 5.27. The zero-order chi connectivity index (χ0) is 62.5. The Kier molecular flexibility index (Phi) is 53.9. The maximum atomic E-state index is 13.0. The molecule has 0 bridgehead atoms. The first-order chi connectivity index (χ1) is 40.2. The van der Waals surface area contributed by atoms with Gasteiger partial charge in [0.2, 0.25) is 0 Å². The highest BCUT2D eigenvalue weighted by atomic mass is 31.2. The predicted molar refractivity (Wildman–Crippen MR) is 335 cm³/mol. The van der Waals surface area contributed by atoms with Crippen LogP contribution in [0.2, 0.25) is 0 Å². The van der Waals surface area contributed by atoms with Crippen molar-refractivity contribution in [2.45, 2.75) is 331 Å². The standard InChI is InChI=1S/C65H126O17P2/c1-9-56(6)42-34-26-18-15-16-19-29-37-45-62(67)75-51-60(81-64(69)47-39-31-20-14-12-13-17-25-33-41-55(4)5)53-79-83(71,72)77-49-59(66)50-78-84(73,74)80-54-61(82-65(70)48-40-32-24-22-28-36-44-58(8)11-3)52-76-63(68)46-38-30-23-21-27-35-43-57(7)10-2/h55-61,66H,9-54H2,1-8H3,(H,71,72)(H,73,74)/t56?,57?,58?,59-,60-,61-/m1/s1. The van der Waals surface area contributed by atoms with Crippen LogP contribution in [0, 0.1) is 23.7 Å². The summed E-state index contributed by atoms with van der Waals surface area (Å²) in [6.45, 7) is 14.0. The number of hydrogen-bond acceptors (Lipinski definition) is 15. The predicted octanol–water partition coefficient (Wildman–Crippen LogP) is 17.8. The zero-order valence-electron chi connectivity index (χ0n) is 54.5. The Bertz CT molecular complexity index is 1680. The minimum atomic E-state index is -4.95. The second-order valence-corrected chi connectivity index (χ2v) is 27.6. The summed E-state index contributed by atoms with van der Waals surface area (Å²) in [4.78, 5) is 72.3. The van der Waals surface area contributed by atoms with Gasteiger partial charge in [0.25, 0.3) is 0 Å². The minimum Gasteiger partial charge on any atom is -0.462 e. The number of phosphoric ester groups is 2. The van der Waals surface area contributed by atoms with Gasteiger partial charge in [-0.05, 0) is 49.4 Å². The van der Waals surface area contributed by atoms with Crippen molar-refractivity contribution in [3.8, 4) is 0 Å². The summed E-state index contributed by atoms with van der Waals surface area (Å²) in [5.74, 6) is 0.824. The lowest BCUT2D eigenvalue weighted by molar-refractivity contribution is -0.161. The fourth-order valence-electron chi connectivity index (χ4n) is 9.51. The van der Waals surface area contributed by atoms with E-state index in [1.54, 1.807) is 0 Å². The first-order valence-corrected chi connectivity index (χ1v) is 36.8. The van der Waals surface area contributed by atoms with Gasteiger partial charge in [0.1, 0.15) is 19.3 Å². The molecule has 0 fully saturated rings. The Morgan fingerprint density at radius 3 is 0.845 bits per heavy atom. The van der Waals surface area contributed by atoms with Crippen LogP contribution in [0.3, 0.4) is 0 Å². The molecule has 3 N–H and O–H groups in total. The van der Waals surface area contributed by atoms with E-state index in [1.807, 2.05) is 0 Å². The number of carbonyl (C=O) groups excluding carboxylic acids is 4. The lowest BCUT2D eigenvalue weighted by atomic mass is 9.99. The number of ether oxygens (including phenoxy) is 4. The average Bonchev–Trinajstić information content (AvgIpc) is 3.48. The van der Waals surface area contributed by atoms with Gasteiger partial charge >= 0.3 is 39.5 Å². The Hall–Kier alpha value is -1.94. The van der Waals surface area contributed by atoms with Gasteiger partial charge in [0.05, 0.1) is 26.4 Å². The molecule has 5 unspecified atom stereocenters. The van der Waals surface area contributed by atoms with Crippen LogP contribution in [0.4, 0.5) is 0 Å². The van der Waals surface area contributed by atoms with Crippen LogP contribution in [-0.4, -0.2) is 96.7 Å². The molecule has 84 heavy (non-hydrogen) atoms. The second kappa shape index (κ2) is 55.2. The molecule has 0 spiro atoms. The van der Waals surface area contributed by atoms with Crippen LogP contribution in [0.1, 0.15) is 312 Å². The summed E-state index contributed by atoms with van der Waals surface area (Å²) < 4.78 is 68.0. The molecular formula is C65H126O17P2. The van der Waals surface area contributed by atoms with Crippen molar-refractivity contribution in [2.24, 2.45) is 23.7 Å². The summed E-state index contributed by atoms with van der Waals surface area (Å²) in [6.07, 6.45) is 34.8. The molecule has 0 rings (SSSR count). The van der Waals surface area contributed by atoms with E-state index >= 15 is 0 Å². The molecule has 0 saturated carbocycles. The van der Waals surface area contributed by atoms with Crippen LogP contribution in [-0.2, 0) is 65.4 Å². The first kappa shape index (κ1) is 82.1. The Labute approximate surface area is 511 Å².